The first-order chi connectivity index (χ1) is 7.72. The minimum Gasteiger partial charge on any atom is -0.496 e. The Balaban J connectivity index is 2.63. The summed E-state index contributed by atoms with van der Waals surface area (Å²) in [5.41, 5.74) is 1.20. The Bertz CT molecular complexity index is 491. The van der Waals surface area contributed by atoms with Crippen LogP contribution in [-0.4, -0.2) is 12.5 Å². The average molecular weight is 235 g/mol. The molecule has 0 saturated carbocycles. The van der Waals surface area contributed by atoms with Gasteiger partial charge < -0.3 is 4.74 Å². The van der Waals surface area contributed by atoms with Crippen LogP contribution in [0.4, 0.5) is 0 Å². The zero-order valence-electron chi connectivity index (χ0n) is 9.53. The van der Waals surface area contributed by atoms with Crippen molar-refractivity contribution in [2.24, 2.45) is 0 Å². The van der Waals surface area contributed by atoms with Gasteiger partial charge in [-0.15, -0.1) is 11.6 Å². The van der Waals surface area contributed by atoms with Crippen molar-refractivity contribution in [2.75, 3.05) is 7.11 Å². The van der Waals surface area contributed by atoms with Gasteiger partial charge in [0.2, 0.25) is 0 Å². The SMILES string of the molecule is COc1ccc2ccccc2c1CC(C)Cl. The summed E-state index contributed by atoms with van der Waals surface area (Å²) in [4.78, 5) is 0. The molecule has 0 bridgehead atoms. The molecule has 1 unspecified atom stereocenters. The standard InChI is InChI=1S/C14H15ClO/c1-10(15)9-13-12-6-4-3-5-11(12)7-8-14(13)16-2/h3-8,10H,9H2,1-2H3. The summed E-state index contributed by atoms with van der Waals surface area (Å²) in [5.74, 6) is 0.922. The van der Waals surface area contributed by atoms with Gasteiger partial charge >= 0.3 is 0 Å². The Morgan fingerprint density at radius 1 is 1.19 bits per heavy atom. The number of alkyl halides is 1. The maximum absolute atomic E-state index is 6.09. The van der Waals surface area contributed by atoms with Crippen molar-refractivity contribution in [2.45, 2.75) is 18.7 Å². The van der Waals surface area contributed by atoms with Crippen LogP contribution in [-0.2, 0) is 6.42 Å². The van der Waals surface area contributed by atoms with Gasteiger partial charge in [0.05, 0.1) is 7.11 Å². The van der Waals surface area contributed by atoms with Crippen LogP contribution in [0, 0.1) is 0 Å². The van der Waals surface area contributed by atoms with E-state index in [1.807, 2.05) is 25.1 Å². The smallest absolute Gasteiger partial charge is 0.122 e. The number of rotatable bonds is 3. The topological polar surface area (TPSA) is 9.23 Å². The molecule has 1 nitrogen and oxygen atoms in total. The largest absolute Gasteiger partial charge is 0.496 e. The highest BCUT2D eigenvalue weighted by atomic mass is 35.5. The summed E-state index contributed by atoms with van der Waals surface area (Å²) >= 11 is 6.09. The molecule has 0 aromatic heterocycles. The number of methoxy groups -OCH3 is 1. The van der Waals surface area contributed by atoms with Crippen LogP contribution in [0.15, 0.2) is 36.4 Å². The van der Waals surface area contributed by atoms with Gasteiger partial charge in [0.25, 0.3) is 0 Å². The number of benzene rings is 2. The van der Waals surface area contributed by atoms with Crippen molar-refractivity contribution in [1.29, 1.82) is 0 Å². The molecule has 0 fully saturated rings. The average Bonchev–Trinajstić information content (AvgIpc) is 2.29. The summed E-state index contributed by atoms with van der Waals surface area (Å²) in [6, 6.07) is 12.4. The summed E-state index contributed by atoms with van der Waals surface area (Å²) < 4.78 is 5.40. The molecule has 2 aromatic rings. The summed E-state index contributed by atoms with van der Waals surface area (Å²) in [6.07, 6.45) is 0.825. The second-order valence-corrected chi connectivity index (χ2v) is 4.70. The van der Waals surface area contributed by atoms with E-state index in [9.17, 15) is 0 Å². The Labute approximate surface area is 101 Å². The predicted octanol–water partition coefficient (Wildman–Crippen LogP) is 4.02. The number of halogens is 1. The first-order valence-corrected chi connectivity index (χ1v) is 5.84. The van der Waals surface area contributed by atoms with Gasteiger partial charge in [0.15, 0.2) is 0 Å². The van der Waals surface area contributed by atoms with Crippen LogP contribution in [0.3, 0.4) is 0 Å². The van der Waals surface area contributed by atoms with Crippen molar-refractivity contribution in [3.05, 3.63) is 42.0 Å². The number of hydrogen-bond donors (Lipinski definition) is 0. The minimum atomic E-state index is 0.111. The van der Waals surface area contributed by atoms with Gasteiger partial charge in [-0.25, -0.2) is 0 Å². The Morgan fingerprint density at radius 3 is 2.62 bits per heavy atom. The molecular formula is C14H15ClO. The van der Waals surface area contributed by atoms with E-state index in [0.29, 0.717) is 0 Å². The monoisotopic (exact) mass is 234 g/mol. The summed E-state index contributed by atoms with van der Waals surface area (Å²) in [7, 11) is 1.70. The van der Waals surface area contributed by atoms with Crippen molar-refractivity contribution in [1.82, 2.24) is 0 Å². The highest BCUT2D eigenvalue weighted by Crippen LogP contribution is 2.29. The second kappa shape index (κ2) is 4.75. The molecule has 1 atom stereocenters. The van der Waals surface area contributed by atoms with Crippen molar-refractivity contribution >= 4 is 22.4 Å². The van der Waals surface area contributed by atoms with Crippen LogP contribution in [0.25, 0.3) is 10.8 Å². The fraction of sp³-hybridized carbons (Fsp3) is 0.286. The molecule has 0 aliphatic heterocycles. The molecule has 2 heteroatoms. The predicted molar refractivity (Wildman–Crippen MR) is 69.5 cm³/mol. The third-order valence-corrected chi connectivity index (χ3v) is 2.86. The minimum absolute atomic E-state index is 0.111. The van der Waals surface area contributed by atoms with Gasteiger partial charge in [-0.05, 0) is 30.2 Å². The Morgan fingerprint density at radius 2 is 1.94 bits per heavy atom. The Hall–Kier alpha value is -1.21. The lowest BCUT2D eigenvalue weighted by atomic mass is 10.00. The van der Waals surface area contributed by atoms with Gasteiger partial charge in [-0.1, -0.05) is 30.3 Å². The van der Waals surface area contributed by atoms with E-state index < -0.39 is 0 Å². The van der Waals surface area contributed by atoms with Crippen molar-refractivity contribution < 1.29 is 4.74 Å². The molecule has 84 valence electrons. The lowest BCUT2D eigenvalue weighted by Gasteiger charge is -2.13. The molecule has 0 N–H and O–H groups in total. The summed E-state index contributed by atoms with van der Waals surface area (Å²) in [5, 5.41) is 2.57. The van der Waals surface area contributed by atoms with E-state index in [-0.39, 0.29) is 5.38 Å². The first-order valence-electron chi connectivity index (χ1n) is 5.41. The van der Waals surface area contributed by atoms with Gasteiger partial charge in [-0.3, -0.25) is 0 Å². The first kappa shape index (κ1) is 11.3. The van der Waals surface area contributed by atoms with Crippen molar-refractivity contribution in [3.8, 4) is 5.75 Å². The fourth-order valence-electron chi connectivity index (χ4n) is 2.00. The maximum Gasteiger partial charge on any atom is 0.122 e. The van der Waals surface area contributed by atoms with Gasteiger partial charge in [-0.2, -0.15) is 0 Å². The molecule has 2 rings (SSSR count). The van der Waals surface area contributed by atoms with E-state index in [2.05, 4.69) is 18.2 Å². The number of hydrogen-bond acceptors (Lipinski definition) is 1. The third kappa shape index (κ3) is 2.14. The number of ether oxygens (including phenoxy) is 1. The fourth-order valence-corrected chi connectivity index (χ4v) is 2.15. The van der Waals surface area contributed by atoms with E-state index >= 15 is 0 Å². The maximum atomic E-state index is 6.09. The van der Waals surface area contributed by atoms with Crippen LogP contribution in [0.2, 0.25) is 0 Å². The zero-order valence-corrected chi connectivity index (χ0v) is 10.3. The molecule has 0 radical (unpaired) electrons. The van der Waals surface area contributed by atoms with Crippen molar-refractivity contribution in [3.63, 3.8) is 0 Å². The molecule has 0 aliphatic rings. The zero-order chi connectivity index (χ0) is 11.5. The van der Waals surface area contributed by atoms with Gasteiger partial charge in [0.1, 0.15) is 5.75 Å². The Kier molecular flexibility index (Phi) is 3.35. The molecule has 0 amide bonds. The summed E-state index contributed by atoms with van der Waals surface area (Å²) in [6.45, 7) is 2.00. The quantitative estimate of drug-likeness (QED) is 0.729. The van der Waals surface area contributed by atoms with E-state index in [0.717, 1.165) is 12.2 Å². The molecule has 16 heavy (non-hydrogen) atoms. The van der Waals surface area contributed by atoms with Crippen LogP contribution in [0.5, 0.6) is 5.75 Å². The number of fused-ring (bicyclic) bond motifs is 1. The van der Waals surface area contributed by atoms with E-state index in [1.54, 1.807) is 7.11 Å². The molecule has 0 saturated heterocycles. The van der Waals surface area contributed by atoms with Crippen LogP contribution >= 0.6 is 11.6 Å². The lowest BCUT2D eigenvalue weighted by molar-refractivity contribution is 0.410. The normalized spacial score (nSPS) is 12.7. The second-order valence-electron chi connectivity index (χ2n) is 3.95. The molecule has 0 heterocycles. The van der Waals surface area contributed by atoms with Crippen LogP contribution < -0.4 is 4.74 Å². The molecule has 0 aliphatic carbocycles. The molecule has 0 spiro atoms. The molecular weight excluding hydrogens is 220 g/mol. The van der Waals surface area contributed by atoms with E-state index in [4.69, 9.17) is 16.3 Å². The van der Waals surface area contributed by atoms with Gasteiger partial charge in [0, 0.05) is 10.9 Å². The molecule has 2 aromatic carbocycles. The van der Waals surface area contributed by atoms with Crippen LogP contribution in [0.1, 0.15) is 12.5 Å². The third-order valence-electron chi connectivity index (χ3n) is 2.70. The lowest BCUT2D eigenvalue weighted by Crippen LogP contribution is -2.01. The highest BCUT2D eigenvalue weighted by Gasteiger charge is 2.10. The van der Waals surface area contributed by atoms with E-state index in [1.165, 1.54) is 16.3 Å². The highest BCUT2D eigenvalue weighted by molar-refractivity contribution is 6.20.